The molecule has 3 nitrogen and oxygen atoms in total. The van der Waals surface area contributed by atoms with Crippen LogP contribution < -0.4 is 5.73 Å². The highest BCUT2D eigenvalue weighted by Crippen LogP contribution is 2.05. The van der Waals surface area contributed by atoms with Gasteiger partial charge in [-0.1, -0.05) is 13.8 Å². The SMILES string of the molecule is CC.Cc1ccc(N)c(C=N)n1. The number of pyridine rings is 1. The van der Waals surface area contributed by atoms with Crippen LogP contribution >= 0.6 is 0 Å². The van der Waals surface area contributed by atoms with Crippen LogP contribution in [0.1, 0.15) is 25.2 Å². The lowest BCUT2D eigenvalue weighted by molar-refractivity contribution is 1.19. The third kappa shape index (κ3) is 2.70. The number of hydrogen-bond donors (Lipinski definition) is 2. The Morgan fingerprint density at radius 1 is 1.42 bits per heavy atom. The van der Waals surface area contributed by atoms with Crippen LogP contribution in [0.3, 0.4) is 0 Å². The summed E-state index contributed by atoms with van der Waals surface area (Å²) in [4.78, 5) is 4.02. The minimum absolute atomic E-state index is 0.542. The molecule has 1 rings (SSSR count). The number of hydrogen-bond acceptors (Lipinski definition) is 3. The van der Waals surface area contributed by atoms with E-state index in [0.717, 1.165) is 11.9 Å². The summed E-state index contributed by atoms with van der Waals surface area (Å²) < 4.78 is 0. The van der Waals surface area contributed by atoms with Gasteiger partial charge in [0.1, 0.15) is 5.69 Å². The molecule has 0 fully saturated rings. The molecule has 12 heavy (non-hydrogen) atoms. The fourth-order valence-corrected chi connectivity index (χ4v) is 0.703. The molecular formula is C9H15N3. The number of rotatable bonds is 1. The molecule has 0 bridgehead atoms. The first-order valence-electron chi connectivity index (χ1n) is 3.97. The van der Waals surface area contributed by atoms with Gasteiger partial charge in [0, 0.05) is 11.9 Å². The topological polar surface area (TPSA) is 62.8 Å². The van der Waals surface area contributed by atoms with E-state index in [1.165, 1.54) is 0 Å². The largest absolute Gasteiger partial charge is 0.397 e. The van der Waals surface area contributed by atoms with Crippen LogP contribution in [0.5, 0.6) is 0 Å². The van der Waals surface area contributed by atoms with E-state index >= 15 is 0 Å². The Bertz CT molecular complexity index is 256. The molecule has 0 spiro atoms. The highest BCUT2D eigenvalue weighted by atomic mass is 14.8. The van der Waals surface area contributed by atoms with Gasteiger partial charge in [0.2, 0.25) is 0 Å². The zero-order valence-electron chi connectivity index (χ0n) is 7.76. The van der Waals surface area contributed by atoms with Gasteiger partial charge in [-0.2, -0.15) is 0 Å². The zero-order chi connectivity index (χ0) is 9.56. The van der Waals surface area contributed by atoms with Crippen LogP contribution in [0.25, 0.3) is 0 Å². The summed E-state index contributed by atoms with van der Waals surface area (Å²) in [6, 6.07) is 3.57. The van der Waals surface area contributed by atoms with Gasteiger partial charge >= 0.3 is 0 Å². The van der Waals surface area contributed by atoms with E-state index in [9.17, 15) is 0 Å². The number of nitrogen functional groups attached to an aromatic ring is 1. The van der Waals surface area contributed by atoms with Gasteiger partial charge in [0.25, 0.3) is 0 Å². The molecule has 1 aromatic heterocycles. The van der Waals surface area contributed by atoms with Crippen molar-refractivity contribution in [1.82, 2.24) is 4.98 Å². The van der Waals surface area contributed by atoms with Gasteiger partial charge in [-0.25, -0.2) is 4.98 Å². The van der Waals surface area contributed by atoms with Gasteiger partial charge in [-0.15, -0.1) is 0 Å². The van der Waals surface area contributed by atoms with E-state index in [2.05, 4.69) is 4.98 Å². The average Bonchev–Trinajstić information content (AvgIpc) is 2.13. The molecule has 0 aromatic carbocycles. The van der Waals surface area contributed by atoms with Gasteiger partial charge < -0.3 is 11.1 Å². The summed E-state index contributed by atoms with van der Waals surface area (Å²) in [7, 11) is 0. The van der Waals surface area contributed by atoms with Crippen molar-refractivity contribution in [3.8, 4) is 0 Å². The Labute approximate surface area is 73.1 Å². The molecule has 0 saturated heterocycles. The van der Waals surface area contributed by atoms with E-state index in [0.29, 0.717) is 11.4 Å². The monoisotopic (exact) mass is 165 g/mol. The van der Waals surface area contributed by atoms with Crippen molar-refractivity contribution >= 4 is 11.9 Å². The minimum Gasteiger partial charge on any atom is -0.397 e. The van der Waals surface area contributed by atoms with Crippen LogP contribution in [-0.2, 0) is 0 Å². The van der Waals surface area contributed by atoms with Crippen molar-refractivity contribution < 1.29 is 0 Å². The second kappa shape index (κ2) is 5.29. The van der Waals surface area contributed by atoms with Gasteiger partial charge in [0.15, 0.2) is 0 Å². The number of anilines is 1. The highest BCUT2D eigenvalue weighted by Gasteiger charge is 1.94. The summed E-state index contributed by atoms with van der Waals surface area (Å²) in [5.41, 5.74) is 7.47. The molecule has 0 aliphatic carbocycles. The van der Waals surface area contributed by atoms with Crippen molar-refractivity contribution in [2.75, 3.05) is 5.73 Å². The molecule has 0 radical (unpaired) electrons. The van der Waals surface area contributed by atoms with Crippen LogP contribution in [-0.4, -0.2) is 11.2 Å². The molecule has 1 heterocycles. The summed E-state index contributed by atoms with van der Waals surface area (Å²) >= 11 is 0. The maximum atomic E-state index is 6.91. The summed E-state index contributed by atoms with van der Waals surface area (Å²) in [5, 5.41) is 6.91. The van der Waals surface area contributed by atoms with Crippen LogP contribution in [0.15, 0.2) is 12.1 Å². The number of nitrogens with one attached hydrogen (secondary N) is 1. The zero-order valence-corrected chi connectivity index (χ0v) is 7.76. The summed E-state index contributed by atoms with van der Waals surface area (Å²) in [6.07, 6.45) is 1.16. The molecule has 0 unspecified atom stereocenters. The fraction of sp³-hybridized carbons (Fsp3) is 0.333. The van der Waals surface area contributed by atoms with Crippen LogP contribution in [0, 0.1) is 12.3 Å². The predicted octanol–water partition coefficient (Wildman–Crippen LogP) is 2.00. The van der Waals surface area contributed by atoms with Crippen molar-refractivity contribution in [2.45, 2.75) is 20.8 Å². The molecule has 0 atom stereocenters. The highest BCUT2D eigenvalue weighted by molar-refractivity contribution is 5.81. The van der Waals surface area contributed by atoms with Crippen molar-refractivity contribution in [2.24, 2.45) is 0 Å². The van der Waals surface area contributed by atoms with E-state index in [1.54, 1.807) is 6.07 Å². The second-order valence-corrected chi connectivity index (χ2v) is 2.07. The average molecular weight is 165 g/mol. The molecule has 1 aromatic rings. The Hall–Kier alpha value is -1.38. The number of aromatic nitrogens is 1. The molecule has 0 saturated carbocycles. The number of aryl methyl sites for hydroxylation is 1. The molecule has 0 amide bonds. The molecule has 66 valence electrons. The summed E-state index contributed by atoms with van der Waals surface area (Å²) in [6.45, 7) is 5.87. The first-order valence-corrected chi connectivity index (χ1v) is 3.97. The number of nitrogens with two attached hydrogens (primary N) is 1. The van der Waals surface area contributed by atoms with E-state index in [-0.39, 0.29) is 0 Å². The standard InChI is InChI=1S/C7H9N3.C2H6/c1-5-2-3-6(9)7(4-8)10-5;1-2/h2-4,8H,9H2,1H3;1-2H3. The molecule has 3 heteroatoms. The van der Waals surface area contributed by atoms with Crippen LogP contribution in [0.2, 0.25) is 0 Å². The lowest BCUT2D eigenvalue weighted by atomic mass is 10.3. The predicted molar refractivity (Wildman–Crippen MR) is 52.6 cm³/mol. The lowest BCUT2D eigenvalue weighted by Crippen LogP contribution is -1.96. The maximum Gasteiger partial charge on any atom is 0.104 e. The smallest absolute Gasteiger partial charge is 0.104 e. The minimum atomic E-state index is 0.542. The Balaban J connectivity index is 0.000000561. The molecule has 3 N–H and O–H groups in total. The van der Waals surface area contributed by atoms with Gasteiger partial charge in [-0.3, -0.25) is 0 Å². The molecular weight excluding hydrogens is 150 g/mol. The van der Waals surface area contributed by atoms with Gasteiger partial charge in [0.05, 0.1) is 5.69 Å². The van der Waals surface area contributed by atoms with E-state index in [1.807, 2.05) is 26.8 Å². The summed E-state index contributed by atoms with van der Waals surface area (Å²) in [5.74, 6) is 0. The Morgan fingerprint density at radius 3 is 2.42 bits per heavy atom. The van der Waals surface area contributed by atoms with Crippen LogP contribution in [0.4, 0.5) is 5.69 Å². The third-order valence-electron chi connectivity index (χ3n) is 1.23. The first kappa shape index (κ1) is 10.6. The number of nitrogens with zero attached hydrogens (tertiary/aromatic N) is 1. The maximum absolute atomic E-state index is 6.91. The van der Waals surface area contributed by atoms with Crippen molar-refractivity contribution in [3.05, 3.63) is 23.5 Å². The third-order valence-corrected chi connectivity index (χ3v) is 1.23. The molecule has 0 aliphatic rings. The van der Waals surface area contributed by atoms with Crippen molar-refractivity contribution in [1.29, 1.82) is 5.41 Å². The Morgan fingerprint density at radius 2 is 2.00 bits per heavy atom. The van der Waals surface area contributed by atoms with E-state index < -0.39 is 0 Å². The second-order valence-electron chi connectivity index (χ2n) is 2.07. The first-order chi connectivity index (χ1) is 5.74. The lowest BCUT2D eigenvalue weighted by Gasteiger charge is -1.97. The van der Waals surface area contributed by atoms with E-state index in [4.69, 9.17) is 11.1 Å². The quantitative estimate of drug-likeness (QED) is 0.625. The Kier molecular flexibility index (Phi) is 4.69. The molecule has 0 aliphatic heterocycles. The fourth-order valence-electron chi connectivity index (χ4n) is 0.703. The van der Waals surface area contributed by atoms with Gasteiger partial charge in [-0.05, 0) is 19.1 Å². The normalized spacial score (nSPS) is 8.25. The van der Waals surface area contributed by atoms with Crippen molar-refractivity contribution in [3.63, 3.8) is 0 Å².